The van der Waals surface area contributed by atoms with Gasteiger partial charge in [0.1, 0.15) is 0 Å². The van der Waals surface area contributed by atoms with Crippen LogP contribution in [0.15, 0.2) is 30.3 Å². The van der Waals surface area contributed by atoms with Crippen LogP contribution in [0.3, 0.4) is 0 Å². The van der Waals surface area contributed by atoms with Crippen molar-refractivity contribution >= 4 is 5.91 Å². The molecule has 3 rings (SSSR count). The molecule has 2 aliphatic rings. The highest BCUT2D eigenvalue weighted by Crippen LogP contribution is 2.15. The molecular weight excluding hydrogens is 290 g/mol. The van der Waals surface area contributed by atoms with Crippen LogP contribution in [-0.4, -0.2) is 67.7 Å². The van der Waals surface area contributed by atoms with Gasteiger partial charge in [-0.05, 0) is 18.5 Å². The highest BCUT2D eigenvalue weighted by molar-refractivity contribution is 5.76. The highest BCUT2D eigenvalue weighted by Gasteiger charge is 2.28. The first-order valence-electron chi connectivity index (χ1n) is 8.56. The Hall–Kier alpha value is -1.43. The summed E-state index contributed by atoms with van der Waals surface area (Å²) in [5, 5.41) is 3.31. The van der Waals surface area contributed by atoms with E-state index >= 15 is 0 Å². The summed E-state index contributed by atoms with van der Waals surface area (Å²) in [5.41, 5.74) is 1.31. The summed E-state index contributed by atoms with van der Waals surface area (Å²) < 4.78 is 5.82. The van der Waals surface area contributed by atoms with E-state index in [1.165, 1.54) is 5.56 Å². The van der Waals surface area contributed by atoms with Gasteiger partial charge in [-0.2, -0.15) is 0 Å². The number of morpholine rings is 1. The van der Waals surface area contributed by atoms with Crippen LogP contribution >= 0.6 is 0 Å². The number of nitrogens with one attached hydrogen (secondary N) is 1. The van der Waals surface area contributed by atoms with Crippen molar-refractivity contribution < 1.29 is 9.53 Å². The lowest BCUT2D eigenvalue weighted by Crippen LogP contribution is -2.46. The van der Waals surface area contributed by atoms with Crippen molar-refractivity contribution in [2.45, 2.75) is 31.5 Å². The van der Waals surface area contributed by atoms with Crippen LogP contribution in [0.2, 0.25) is 0 Å². The van der Waals surface area contributed by atoms with Crippen molar-refractivity contribution in [3.63, 3.8) is 0 Å². The van der Waals surface area contributed by atoms with Crippen LogP contribution in [-0.2, 0) is 16.1 Å². The molecule has 0 radical (unpaired) electrons. The fraction of sp³-hybridized carbons (Fsp3) is 0.611. The molecule has 5 heteroatoms. The normalized spacial score (nSPS) is 25.4. The molecule has 1 aromatic rings. The van der Waals surface area contributed by atoms with Gasteiger partial charge in [0.15, 0.2) is 0 Å². The van der Waals surface area contributed by atoms with Crippen molar-refractivity contribution in [1.82, 2.24) is 15.1 Å². The Morgan fingerprint density at radius 1 is 1.39 bits per heavy atom. The fourth-order valence-electron chi connectivity index (χ4n) is 3.40. The summed E-state index contributed by atoms with van der Waals surface area (Å²) in [4.78, 5) is 16.7. The fourth-order valence-corrected chi connectivity index (χ4v) is 3.40. The molecule has 1 N–H and O–H groups in total. The van der Waals surface area contributed by atoms with Crippen LogP contribution in [0.1, 0.15) is 18.4 Å². The molecule has 2 atom stereocenters. The first-order valence-corrected chi connectivity index (χ1v) is 8.56. The molecule has 2 fully saturated rings. The second-order valence-corrected chi connectivity index (χ2v) is 6.57. The zero-order valence-corrected chi connectivity index (χ0v) is 13.9. The second-order valence-electron chi connectivity index (χ2n) is 6.57. The molecule has 0 saturated carbocycles. The second kappa shape index (κ2) is 7.90. The van der Waals surface area contributed by atoms with Gasteiger partial charge in [0.05, 0.1) is 19.1 Å². The molecule has 0 aliphatic carbocycles. The predicted octanol–water partition coefficient (Wildman–Crippen LogP) is 1.10. The molecule has 1 amide bonds. The van der Waals surface area contributed by atoms with Gasteiger partial charge in [-0.3, -0.25) is 9.69 Å². The van der Waals surface area contributed by atoms with Crippen molar-refractivity contribution in [1.29, 1.82) is 0 Å². The van der Waals surface area contributed by atoms with E-state index in [9.17, 15) is 4.79 Å². The summed E-state index contributed by atoms with van der Waals surface area (Å²) in [7, 11) is 1.92. The summed E-state index contributed by atoms with van der Waals surface area (Å²) in [5.74, 6) is 0.199. The molecule has 23 heavy (non-hydrogen) atoms. The van der Waals surface area contributed by atoms with Gasteiger partial charge in [0, 0.05) is 39.3 Å². The third-order valence-corrected chi connectivity index (χ3v) is 4.85. The maximum atomic E-state index is 12.5. The number of nitrogens with zero attached hydrogens (tertiary/aromatic N) is 2. The van der Waals surface area contributed by atoms with Crippen LogP contribution < -0.4 is 5.32 Å². The topological polar surface area (TPSA) is 44.8 Å². The van der Waals surface area contributed by atoms with E-state index in [1.807, 2.05) is 18.0 Å². The van der Waals surface area contributed by atoms with Crippen LogP contribution in [0, 0.1) is 0 Å². The number of amides is 1. The molecule has 2 saturated heterocycles. The van der Waals surface area contributed by atoms with Crippen molar-refractivity contribution in [3.8, 4) is 0 Å². The molecule has 0 aromatic heterocycles. The van der Waals surface area contributed by atoms with Crippen LogP contribution in [0.4, 0.5) is 0 Å². The van der Waals surface area contributed by atoms with Crippen molar-refractivity contribution in [3.05, 3.63) is 35.9 Å². The molecule has 2 aliphatic heterocycles. The van der Waals surface area contributed by atoms with Gasteiger partial charge < -0.3 is 15.0 Å². The molecule has 5 nitrogen and oxygen atoms in total. The number of hydrogen-bond acceptors (Lipinski definition) is 4. The molecular formula is C18H27N3O2. The molecule has 1 aromatic carbocycles. The Bertz CT molecular complexity index is 502. The maximum Gasteiger partial charge on any atom is 0.225 e. The Balaban J connectivity index is 1.49. The van der Waals surface area contributed by atoms with Crippen LogP contribution in [0.25, 0.3) is 0 Å². The van der Waals surface area contributed by atoms with Gasteiger partial charge >= 0.3 is 0 Å². The molecule has 2 unspecified atom stereocenters. The van der Waals surface area contributed by atoms with Gasteiger partial charge in [-0.25, -0.2) is 0 Å². The lowest BCUT2D eigenvalue weighted by molar-refractivity contribution is -0.136. The number of rotatable bonds is 5. The van der Waals surface area contributed by atoms with E-state index in [-0.39, 0.29) is 12.0 Å². The van der Waals surface area contributed by atoms with Gasteiger partial charge in [-0.15, -0.1) is 0 Å². The van der Waals surface area contributed by atoms with Crippen molar-refractivity contribution in [2.24, 2.45) is 0 Å². The molecule has 126 valence electrons. The van der Waals surface area contributed by atoms with Gasteiger partial charge in [0.25, 0.3) is 0 Å². The zero-order chi connectivity index (χ0) is 16.1. The zero-order valence-electron chi connectivity index (χ0n) is 13.9. The Morgan fingerprint density at radius 3 is 2.96 bits per heavy atom. The third kappa shape index (κ3) is 4.53. The summed E-state index contributed by atoms with van der Waals surface area (Å²) in [6.45, 7) is 5.32. The van der Waals surface area contributed by atoms with E-state index in [1.54, 1.807) is 0 Å². The molecule has 0 bridgehead atoms. The molecule has 0 spiro atoms. The minimum absolute atomic E-state index is 0.0109. The maximum absolute atomic E-state index is 12.5. The minimum atomic E-state index is 0.0109. The standard InChI is InChI=1S/C18H27N3O2/c1-20(16-7-8-19-12-16)18(22)11-17-14-21(9-10-23-17)13-15-5-3-2-4-6-15/h2-6,16-17,19H,7-14H2,1H3. The number of hydrogen-bond donors (Lipinski definition) is 1. The number of benzene rings is 1. The van der Waals surface area contributed by atoms with Gasteiger partial charge in [-0.1, -0.05) is 30.3 Å². The summed E-state index contributed by atoms with van der Waals surface area (Å²) in [6.07, 6.45) is 1.54. The first kappa shape index (κ1) is 16.4. The largest absolute Gasteiger partial charge is 0.375 e. The van der Waals surface area contributed by atoms with E-state index in [4.69, 9.17) is 4.74 Å². The van der Waals surface area contributed by atoms with E-state index in [0.717, 1.165) is 39.1 Å². The first-order chi connectivity index (χ1) is 11.2. The van der Waals surface area contributed by atoms with Crippen molar-refractivity contribution in [2.75, 3.05) is 39.8 Å². The SMILES string of the molecule is CN(C(=O)CC1CN(Cc2ccccc2)CCO1)C1CCNC1. The number of carbonyl (C=O) groups excluding carboxylic acids is 1. The Morgan fingerprint density at radius 2 is 2.22 bits per heavy atom. The van der Waals surface area contributed by atoms with E-state index < -0.39 is 0 Å². The average Bonchev–Trinajstić information content (AvgIpc) is 3.10. The lowest BCUT2D eigenvalue weighted by atomic mass is 10.1. The summed E-state index contributed by atoms with van der Waals surface area (Å²) >= 11 is 0. The average molecular weight is 317 g/mol. The monoisotopic (exact) mass is 317 g/mol. The Kier molecular flexibility index (Phi) is 5.65. The quantitative estimate of drug-likeness (QED) is 0.883. The summed E-state index contributed by atoms with van der Waals surface area (Å²) in [6, 6.07) is 10.8. The van der Waals surface area contributed by atoms with Crippen LogP contribution in [0.5, 0.6) is 0 Å². The minimum Gasteiger partial charge on any atom is -0.375 e. The highest BCUT2D eigenvalue weighted by atomic mass is 16.5. The van der Waals surface area contributed by atoms with E-state index in [2.05, 4.69) is 34.5 Å². The molecule has 2 heterocycles. The predicted molar refractivity (Wildman–Crippen MR) is 90.1 cm³/mol. The smallest absolute Gasteiger partial charge is 0.225 e. The van der Waals surface area contributed by atoms with E-state index in [0.29, 0.717) is 19.1 Å². The number of likely N-dealkylation sites (N-methyl/N-ethyl adjacent to an activating group) is 1. The lowest BCUT2D eigenvalue weighted by Gasteiger charge is -2.34. The van der Waals surface area contributed by atoms with Gasteiger partial charge in [0.2, 0.25) is 5.91 Å². The number of carbonyl (C=O) groups is 1. The number of ether oxygens (including phenoxy) is 1. The third-order valence-electron chi connectivity index (χ3n) is 4.85. The Labute approximate surface area is 138 Å².